The van der Waals surface area contributed by atoms with Crippen LogP contribution in [0.2, 0.25) is 0 Å². The van der Waals surface area contributed by atoms with Crippen LogP contribution in [0.5, 0.6) is 0 Å². The van der Waals surface area contributed by atoms with Crippen molar-refractivity contribution >= 4 is 11.3 Å². The zero-order valence-corrected chi connectivity index (χ0v) is 11.9. The number of nitrogens with two attached hydrogens (primary N) is 1. The average Bonchev–Trinajstić information content (AvgIpc) is 2.91. The van der Waals surface area contributed by atoms with E-state index in [4.69, 9.17) is 5.73 Å². The molecule has 18 heavy (non-hydrogen) atoms. The second-order valence-corrected chi connectivity index (χ2v) is 5.54. The van der Waals surface area contributed by atoms with E-state index in [9.17, 15) is 0 Å². The summed E-state index contributed by atoms with van der Waals surface area (Å²) in [5.74, 6) is 1.06. The molecule has 2 aromatic heterocycles. The van der Waals surface area contributed by atoms with E-state index in [1.165, 1.54) is 10.4 Å². The summed E-state index contributed by atoms with van der Waals surface area (Å²) in [7, 11) is 4.12. The first kappa shape index (κ1) is 13.3. The number of hydrogen-bond acceptors (Lipinski definition) is 4. The van der Waals surface area contributed by atoms with Crippen LogP contribution < -0.4 is 5.73 Å². The smallest absolute Gasteiger partial charge is 0.122 e. The molecule has 1 atom stereocenters. The molecule has 0 radical (unpaired) electrons. The molecule has 0 bridgehead atoms. The highest BCUT2D eigenvalue weighted by Gasteiger charge is 2.19. The van der Waals surface area contributed by atoms with E-state index in [1.807, 2.05) is 24.0 Å². The highest BCUT2D eigenvalue weighted by atomic mass is 32.1. The molecule has 2 rings (SSSR count). The van der Waals surface area contributed by atoms with Gasteiger partial charge >= 0.3 is 0 Å². The molecule has 4 nitrogen and oxygen atoms in total. The van der Waals surface area contributed by atoms with Gasteiger partial charge in [0.2, 0.25) is 0 Å². The van der Waals surface area contributed by atoms with Crippen LogP contribution in [-0.4, -0.2) is 28.0 Å². The molecule has 5 heteroatoms. The lowest BCUT2D eigenvalue weighted by Gasteiger charge is -2.26. The number of aromatic nitrogens is 2. The number of nitrogens with zero attached hydrogens (tertiary/aromatic N) is 3. The number of imidazole rings is 1. The van der Waals surface area contributed by atoms with Crippen LogP contribution in [0.25, 0.3) is 0 Å². The number of hydrogen-bond donors (Lipinski definition) is 1. The molecule has 0 aromatic carbocycles. The van der Waals surface area contributed by atoms with Crippen molar-refractivity contribution in [2.24, 2.45) is 12.8 Å². The molecular formula is C13H20N4S. The monoisotopic (exact) mass is 264 g/mol. The second kappa shape index (κ2) is 5.65. The van der Waals surface area contributed by atoms with Crippen molar-refractivity contribution in [3.8, 4) is 0 Å². The minimum atomic E-state index is 0.265. The maximum Gasteiger partial charge on any atom is 0.122 e. The third-order valence-electron chi connectivity index (χ3n) is 3.27. The van der Waals surface area contributed by atoms with E-state index in [0.29, 0.717) is 6.54 Å². The second-order valence-electron chi connectivity index (χ2n) is 4.59. The fourth-order valence-corrected chi connectivity index (χ4v) is 3.20. The van der Waals surface area contributed by atoms with Crippen molar-refractivity contribution in [2.45, 2.75) is 19.5 Å². The summed E-state index contributed by atoms with van der Waals surface area (Å²) in [4.78, 5) is 7.98. The van der Waals surface area contributed by atoms with E-state index < -0.39 is 0 Å². The largest absolute Gasteiger partial charge is 0.337 e. The lowest BCUT2D eigenvalue weighted by atomic mass is 10.1. The Bertz CT molecular complexity index is 503. The molecule has 0 amide bonds. The maximum absolute atomic E-state index is 5.94. The summed E-state index contributed by atoms with van der Waals surface area (Å²) in [6.45, 7) is 3.58. The topological polar surface area (TPSA) is 47.1 Å². The summed E-state index contributed by atoms with van der Waals surface area (Å²) in [5.41, 5.74) is 7.26. The minimum Gasteiger partial charge on any atom is -0.337 e. The van der Waals surface area contributed by atoms with Crippen molar-refractivity contribution in [1.82, 2.24) is 14.5 Å². The SMILES string of the molecule is Cc1ccsc1C(CN)N(C)Cc1nccn1C. The summed E-state index contributed by atoms with van der Waals surface area (Å²) >= 11 is 1.78. The Kier molecular flexibility index (Phi) is 4.16. The van der Waals surface area contributed by atoms with Crippen LogP contribution in [0.15, 0.2) is 23.8 Å². The number of likely N-dealkylation sites (N-methyl/N-ethyl adjacent to an activating group) is 1. The van der Waals surface area contributed by atoms with Crippen LogP contribution in [0.3, 0.4) is 0 Å². The lowest BCUT2D eigenvalue weighted by molar-refractivity contribution is 0.236. The Morgan fingerprint density at radius 1 is 1.56 bits per heavy atom. The fourth-order valence-electron chi connectivity index (χ4n) is 2.10. The molecule has 0 aliphatic carbocycles. The minimum absolute atomic E-state index is 0.265. The molecular weight excluding hydrogens is 244 g/mol. The normalized spacial score (nSPS) is 13.2. The molecule has 98 valence electrons. The van der Waals surface area contributed by atoms with Gasteiger partial charge in [0.05, 0.1) is 12.6 Å². The Balaban J connectivity index is 2.14. The molecule has 2 heterocycles. The van der Waals surface area contributed by atoms with Gasteiger partial charge in [0, 0.05) is 30.9 Å². The molecule has 2 N–H and O–H groups in total. The molecule has 1 unspecified atom stereocenters. The zero-order valence-electron chi connectivity index (χ0n) is 11.1. The number of aryl methyl sites for hydroxylation is 2. The first-order valence-electron chi connectivity index (χ1n) is 6.04. The van der Waals surface area contributed by atoms with Crippen molar-refractivity contribution in [1.29, 1.82) is 0 Å². The van der Waals surface area contributed by atoms with Crippen molar-refractivity contribution in [3.63, 3.8) is 0 Å². The highest BCUT2D eigenvalue weighted by Crippen LogP contribution is 2.27. The van der Waals surface area contributed by atoms with Gasteiger partial charge in [-0.05, 0) is 31.0 Å². The van der Waals surface area contributed by atoms with Gasteiger partial charge in [0.25, 0.3) is 0 Å². The molecule has 0 fully saturated rings. The predicted octanol–water partition coefficient (Wildman–Crippen LogP) is 1.92. The number of rotatable bonds is 5. The van der Waals surface area contributed by atoms with Crippen molar-refractivity contribution in [2.75, 3.05) is 13.6 Å². The maximum atomic E-state index is 5.94. The van der Waals surface area contributed by atoms with E-state index in [-0.39, 0.29) is 6.04 Å². The van der Waals surface area contributed by atoms with Gasteiger partial charge in [0.1, 0.15) is 5.82 Å². The van der Waals surface area contributed by atoms with Gasteiger partial charge in [-0.15, -0.1) is 11.3 Å². The third-order valence-corrected chi connectivity index (χ3v) is 4.39. The molecule has 2 aromatic rings. The molecule has 0 aliphatic heterocycles. The van der Waals surface area contributed by atoms with E-state index in [2.05, 4.69) is 35.3 Å². The Morgan fingerprint density at radius 2 is 2.33 bits per heavy atom. The van der Waals surface area contributed by atoms with Gasteiger partial charge in [-0.25, -0.2) is 4.98 Å². The van der Waals surface area contributed by atoms with Gasteiger partial charge in [-0.2, -0.15) is 0 Å². The van der Waals surface area contributed by atoms with Crippen LogP contribution in [0.4, 0.5) is 0 Å². The Labute approximate surface area is 112 Å². The lowest BCUT2D eigenvalue weighted by Crippen LogP contribution is -2.30. The standard InChI is InChI=1S/C13H20N4S/c1-10-4-7-18-13(10)11(8-14)17(3)9-12-15-5-6-16(12)2/h4-7,11H,8-9,14H2,1-3H3. The summed E-state index contributed by atoms with van der Waals surface area (Å²) in [6, 6.07) is 2.42. The quantitative estimate of drug-likeness (QED) is 0.897. The molecule has 0 aliphatic rings. The number of thiophene rings is 1. The molecule has 0 saturated carbocycles. The van der Waals surface area contributed by atoms with Gasteiger partial charge < -0.3 is 10.3 Å². The zero-order chi connectivity index (χ0) is 13.1. The first-order valence-corrected chi connectivity index (χ1v) is 6.92. The van der Waals surface area contributed by atoms with Crippen molar-refractivity contribution in [3.05, 3.63) is 40.1 Å². The predicted molar refractivity (Wildman–Crippen MR) is 75.5 cm³/mol. The van der Waals surface area contributed by atoms with E-state index in [1.54, 1.807) is 11.3 Å². The summed E-state index contributed by atoms with van der Waals surface area (Å²) in [5, 5.41) is 2.13. The van der Waals surface area contributed by atoms with Gasteiger partial charge in [0.15, 0.2) is 0 Å². The van der Waals surface area contributed by atoms with Crippen LogP contribution >= 0.6 is 11.3 Å². The van der Waals surface area contributed by atoms with Gasteiger partial charge in [-0.3, -0.25) is 4.90 Å². The Morgan fingerprint density at radius 3 is 2.83 bits per heavy atom. The summed E-state index contributed by atoms with van der Waals surface area (Å²) in [6.07, 6.45) is 3.80. The average molecular weight is 264 g/mol. The highest BCUT2D eigenvalue weighted by molar-refractivity contribution is 7.10. The third kappa shape index (κ3) is 2.63. The summed E-state index contributed by atoms with van der Waals surface area (Å²) < 4.78 is 2.05. The van der Waals surface area contributed by atoms with E-state index in [0.717, 1.165) is 12.4 Å². The van der Waals surface area contributed by atoms with Gasteiger partial charge in [-0.1, -0.05) is 0 Å². The van der Waals surface area contributed by atoms with Crippen LogP contribution in [-0.2, 0) is 13.6 Å². The Hall–Kier alpha value is -1.17. The van der Waals surface area contributed by atoms with Crippen molar-refractivity contribution < 1.29 is 0 Å². The van der Waals surface area contributed by atoms with E-state index >= 15 is 0 Å². The van der Waals surface area contributed by atoms with Crippen LogP contribution in [0, 0.1) is 6.92 Å². The fraction of sp³-hybridized carbons (Fsp3) is 0.462. The first-order chi connectivity index (χ1) is 8.63. The molecule has 0 spiro atoms. The van der Waals surface area contributed by atoms with Crippen LogP contribution in [0.1, 0.15) is 22.3 Å². The molecule has 0 saturated heterocycles.